The summed E-state index contributed by atoms with van der Waals surface area (Å²) in [4.78, 5) is 24.8. The maximum atomic E-state index is 12.4. The fraction of sp³-hybridized carbons (Fsp3) is 0.857. The van der Waals surface area contributed by atoms with E-state index in [0.717, 1.165) is 32.1 Å². The minimum absolute atomic E-state index is 0.0193. The van der Waals surface area contributed by atoms with Crippen LogP contribution in [0.5, 0.6) is 0 Å². The average Bonchev–Trinajstić information content (AvgIpc) is 2.42. The fourth-order valence-corrected chi connectivity index (χ4v) is 2.57. The van der Waals surface area contributed by atoms with Gasteiger partial charge in [-0.3, -0.25) is 9.59 Å². The Morgan fingerprint density at radius 1 is 1.21 bits per heavy atom. The summed E-state index contributed by atoms with van der Waals surface area (Å²) in [5.41, 5.74) is 0. The summed E-state index contributed by atoms with van der Waals surface area (Å²) in [5, 5.41) is 8.76. The second-order valence-corrected chi connectivity index (χ2v) is 5.15. The lowest BCUT2D eigenvalue weighted by atomic mass is 9.88. The van der Waals surface area contributed by atoms with E-state index in [4.69, 9.17) is 9.84 Å². The number of hydrogen-bond acceptors (Lipinski definition) is 3. The molecule has 0 aromatic rings. The Kier molecular flexibility index (Phi) is 7.48. The van der Waals surface area contributed by atoms with Gasteiger partial charge in [-0.25, -0.2) is 0 Å². The molecular formula is C14H25NO4. The zero-order valence-electron chi connectivity index (χ0n) is 11.8. The van der Waals surface area contributed by atoms with Gasteiger partial charge in [0.1, 0.15) is 0 Å². The third-order valence-corrected chi connectivity index (χ3v) is 3.64. The second kappa shape index (κ2) is 8.91. The summed E-state index contributed by atoms with van der Waals surface area (Å²) in [7, 11) is 1.63. The Bertz CT molecular complexity index is 287. The molecule has 0 aliphatic heterocycles. The molecule has 0 aromatic carbocycles. The van der Waals surface area contributed by atoms with Crippen molar-refractivity contribution in [1.29, 1.82) is 0 Å². The molecule has 19 heavy (non-hydrogen) atoms. The molecule has 0 saturated heterocycles. The summed E-state index contributed by atoms with van der Waals surface area (Å²) >= 11 is 0. The van der Waals surface area contributed by atoms with Gasteiger partial charge in [0.15, 0.2) is 0 Å². The van der Waals surface area contributed by atoms with E-state index in [1.165, 1.54) is 6.42 Å². The van der Waals surface area contributed by atoms with Gasteiger partial charge in [-0.15, -0.1) is 0 Å². The lowest BCUT2D eigenvalue weighted by Crippen LogP contribution is -2.39. The van der Waals surface area contributed by atoms with Gasteiger partial charge in [0.25, 0.3) is 0 Å². The van der Waals surface area contributed by atoms with Crippen LogP contribution >= 0.6 is 0 Å². The maximum absolute atomic E-state index is 12.4. The molecule has 0 heterocycles. The third-order valence-electron chi connectivity index (χ3n) is 3.64. The van der Waals surface area contributed by atoms with Crippen LogP contribution in [-0.2, 0) is 14.3 Å². The van der Waals surface area contributed by atoms with Crippen molar-refractivity contribution >= 4 is 11.9 Å². The SMILES string of the molecule is COCCCN(CCC(=O)O)C(=O)C1CCCCC1. The van der Waals surface area contributed by atoms with Crippen LogP contribution in [0.2, 0.25) is 0 Å². The number of rotatable bonds is 8. The first-order valence-corrected chi connectivity index (χ1v) is 7.14. The maximum Gasteiger partial charge on any atom is 0.305 e. The van der Waals surface area contributed by atoms with Crippen LogP contribution in [0, 0.1) is 5.92 Å². The minimum atomic E-state index is -0.854. The van der Waals surface area contributed by atoms with E-state index in [1.807, 2.05) is 0 Å². The number of hydrogen-bond donors (Lipinski definition) is 1. The minimum Gasteiger partial charge on any atom is -0.481 e. The fourth-order valence-electron chi connectivity index (χ4n) is 2.57. The number of carboxylic acid groups (broad SMARTS) is 1. The van der Waals surface area contributed by atoms with Crippen molar-refractivity contribution in [3.05, 3.63) is 0 Å². The molecule has 1 rings (SSSR count). The topological polar surface area (TPSA) is 66.8 Å². The Balaban J connectivity index is 2.48. The van der Waals surface area contributed by atoms with Gasteiger partial charge in [-0.1, -0.05) is 19.3 Å². The average molecular weight is 271 g/mol. The number of methoxy groups -OCH3 is 1. The number of aliphatic carboxylic acids is 1. The van der Waals surface area contributed by atoms with Crippen molar-refractivity contribution in [2.45, 2.75) is 44.9 Å². The zero-order chi connectivity index (χ0) is 14.1. The second-order valence-electron chi connectivity index (χ2n) is 5.15. The molecule has 0 aromatic heterocycles. The van der Waals surface area contributed by atoms with E-state index in [-0.39, 0.29) is 18.2 Å². The van der Waals surface area contributed by atoms with E-state index in [2.05, 4.69) is 0 Å². The molecule has 1 aliphatic rings. The molecule has 0 spiro atoms. The zero-order valence-corrected chi connectivity index (χ0v) is 11.8. The molecule has 1 fully saturated rings. The number of nitrogens with zero attached hydrogens (tertiary/aromatic N) is 1. The Morgan fingerprint density at radius 3 is 2.47 bits per heavy atom. The predicted octanol–water partition coefficient (Wildman–Crippen LogP) is 1.91. The Hall–Kier alpha value is -1.10. The first kappa shape index (κ1) is 16.0. The van der Waals surface area contributed by atoms with Crippen molar-refractivity contribution in [1.82, 2.24) is 4.90 Å². The van der Waals surface area contributed by atoms with Gasteiger partial charge in [-0.2, -0.15) is 0 Å². The van der Waals surface area contributed by atoms with Crippen molar-refractivity contribution in [3.63, 3.8) is 0 Å². The molecule has 110 valence electrons. The van der Waals surface area contributed by atoms with E-state index in [1.54, 1.807) is 12.0 Å². The molecule has 0 atom stereocenters. The number of carboxylic acids is 1. The van der Waals surface area contributed by atoms with Crippen LogP contribution in [0.4, 0.5) is 0 Å². The summed E-state index contributed by atoms with van der Waals surface area (Å²) in [6, 6.07) is 0. The predicted molar refractivity (Wildman–Crippen MR) is 71.9 cm³/mol. The molecular weight excluding hydrogens is 246 g/mol. The van der Waals surface area contributed by atoms with Gasteiger partial charge in [0, 0.05) is 32.7 Å². The number of carbonyl (C=O) groups excluding carboxylic acids is 1. The quantitative estimate of drug-likeness (QED) is 0.685. The number of ether oxygens (including phenoxy) is 1. The molecule has 5 nitrogen and oxygen atoms in total. The normalized spacial score (nSPS) is 16.3. The summed E-state index contributed by atoms with van der Waals surface area (Å²) in [6.45, 7) is 1.51. The van der Waals surface area contributed by atoms with Gasteiger partial charge < -0.3 is 14.7 Å². The van der Waals surface area contributed by atoms with Crippen LogP contribution in [0.3, 0.4) is 0 Å². The summed E-state index contributed by atoms with van der Waals surface area (Å²) < 4.78 is 4.99. The lowest BCUT2D eigenvalue weighted by molar-refractivity contribution is -0.140. The van der Waals surface area contributed by atoms with Crippen molar-refractivity contribution in [2.24, 2.45) is 5.92 Å². The summed E-state index contributed by atoms with van der Waals surface area (Å²) in [5.74, 6) is -0.615. The number of amides is 1. The highest BCUT2D eigenvalue weighted by atomic mass is 16.5. The standard InChI is InChI=1S/C14H25NO4/c1-19-11-5-9-15(10-8-13(16)17)14(18)12-6-3-2-4-7-12/h12H,2-11H2,1H3,(H,16,17). The first-order chi connectivity index (χ1) is 9.15. The van der Waals surface area contributed by atoms with E-state index < -0.39 is 5.97 Å². The van der Waals surface area contributed by atoms with Crippen LogP contribution in [0.1, 0.15) is 44.9 Å². The van der Waals surface area contributed by atoms with Gasteiger partial charge in [0.2, 0.25) is 5.91 Å². The van der Waals surface area contributed by atoms with Crippen molar-refractivity contribution in [3.8, 4) is 0 Å². The lowest BCUT2D eigenvalue weighted by Gasteiger charge is -2.29. The molecule has 0 unspecified atom stereocenters. The van der Waals surface area contributed by atoms with Crippen LogP contribution in [-0.4, -0.2) is 48.7 Å². The van der Waals surface area contributed by atoms with Gasteiger partial charge in [-0.05, 0) is 19.3 Å². The van der Waals surface area contributed by atoms with Gasteiger partial charge in [0.05, 0.1) is 6.42 Å². The Morgan fingerprint density at radius 2 is 1.89 bits per heavy atom. The smallest absolute Gasteiger partial charge is 0.305 e. The highest BCUT2D eigenvalue weighted by Gasteiger charge is 2.25. The van der Waals surface area contributed by atoms with Gasteiger partial charge >= 0.3 is 5.97 Å². The van der Waals surface area contributed by atoms with E-state index in [0.29, 0.717) is 19.7 Å². The molecule has 1 aliphatic carbocycles. The third kappa shape index (κ3) is 6.05. The monoisotopic (exact) mass is 271 g/mol. The largest absolute Gasteiger partial charge is 0.481 e. The molecule has 1 saturated carbocycles. The van der Waals surface area contributed by atoms with Crippen molar-refractivity contribution in [2.75, 3.05) is 26.8 Å². The molecule has 5 heteroatoms. The number of carbonyl (C=O) groups is 2. The molecule has 0 radical (unpaired) electrons. The highest BCUT2D eigenvalue weighted by Crippen LogP contribution is 2.25. The van der Waals surface area contributed by atoms with Crippen LogP contribution in [0.25, 0.3) is 0 Å². The highest BCUT2D eigenvalue weighted by molar-refractivity contribution is 5.79. The first-order valence-electron chi connectivity index (χ1n) is 7.14. The van der Waals surface area contributed by atoms with Crippen LogP contribution in [0.15, 0.2) is 0 Å². The molecule has 0 bridgehead atoms. The molecule has 1 N–H and O–H groups in total. The van der Waals surface area contributed by atoms with E-state index in [9.17, 15) is 9.59 Å². The van der Waals surface area contributed by atoms with Crippen LogP contribution < -0.4 is 0 Å². The van der Waals surface area contributed by atoms with E-state index >= 15 is 0 Å². The molecule has 1 amide bonds. The van der Waals surface area contributed by atoms with Crippen molar-refractivity contribution < 1.29 is 19.4 Å². The Labute approximate surface area is 114 Å². The summed E-state index contributed by atoms with van der Waals surface area (Å²) in [6.07, 6.45) is 6.12.